The summed E-state index contributed by atoms with van der Waals surface area (Å²) in [4.78, 5) is 12.0. The van der Waals surface area contributed by atoms with Crippen LogP contribution in [-0.4, -0.2) is 9.78 Å². The summed E-state index contributed by atoms with van der Waals surface area (Å²) < 4.78 is 49.1. The van der Waals surface area contributed by atoms with E-state index in [-0.39, 0.29) is 18.0 Å². The van der Waals surface area contributed by atoms with Gasteiger partial charge in [-0.3, -0.25) is 0 Å². The number of nitrogens with zero attached hydrogens (tertiary/aromatic N) is 2. The molecule has 3 aromatic rings. The van der Waals surface area contributed by atoms with E-state index in [0.717, 1.165) is 16.8 Å². The van der Waals surface area contributed by atoms with Crippen molar-refractivity contribution >= 4 is 21.1 Å². The van der Waals surface area contributed by atoms with Crippen molar-refractivity contribution in [3.63, 3.8) is 0 Å². The molecule has 1 aromatic heterocycles. The molecule has 26 heavy (non-hydrogen) atoms. The molecule has 0 N–H and O–H groups in total. The van der Waals surface area contributed by atoms with Crippen molar-refractivity contribution in [3.05, 3.63) is 69.2 Å². The van der Waals surface area contributed by atoms with Gasteiger partial charge in [0.1, 0.15) is 5.75 Å². The van der Waals surface area contributed by atoms with Gasteiger partial charge in [-0.2, -0.15) is 17.9 Å². The lowest BCUT2D eigenvalue weighted by Gasteiger charge is -2.07. The quantitative estimate of drug-likeness (QED) is 0.607. The van der Waals surface area contributed by atoms with E-state index in [9.17, 15) is 18.0 Å². The van der Waals surface area contributed by atoms with Gasteiger partial charge in [-0.1, -0.05) is 11.6 Å². The van der Waals surface area contributed by atoms with E-state index in [1.165, 1.54) is 12.1 Å². The van der Waals surface area contributed by atoms with E-state index in [0.29, 0.717) is 16.3 Å². The van der Waals surface area contributed by atoms with Gasteiger partial charge in [-0.25, -0.2) is 4.79 Å². The number of alkyl halides is 3. The summed E-state index contributed by atoms with van der Waals surface area (Å²) in [6.07, 6.45) is -4.44. The third kappa shape index (κ3) is 3.92. The first-order chi connectivity index (χ1) is 12.3. The third-order valence-electron chi connectivity index (χ3n) is 3.54. The lowest BCUT2D eigenvalue weighted by Crippen LogP contribution is -2.16. The molecule has 3 rings (SSSR count). The van der Waals surface area contributed by atoms with E-state index in [1.807, 2.05) is 0 Å². The molecule has 0 aliphatic heterocycles. The van der Waals surface area contributed by atoms with E-state index in [1.54, 1.807) is 18.2 Å². The van der Waals surface area contributed by atoms with Crippen molar-refractivity contribution in [2.45, 2.75) is 12.7 Å². The van der Waals surface area contributed by atoms with Crippen LogP contribution in [0.3, 0.4) is 0 Å². The summed E-state index contributed by atoms with van der Waals surface area (Å²) in [5.41, 5.74) is 0.0357. The van der Waals surface area contributed by atoms with E-state index in [4.69, 9.17) is 20.5 Å². The van der Waals surface area contributed by atoms with Crippen LogP contribution in [0.2, 0.25) is 5.02 Å². The molecular weight excluding hydrogens is 392 g/mol. The van der Waals surface area contributed by atoms with Gasteiger partial charge in [0.05, 0.1) is 21.6 Å². The van der Waals surface area contributed by atoms with Gasteiger partial charge in [0, 0.05) is 16.1 Å². The largest absolute Gasteiger partial charge is 0.480 e. The van der Waals surface area contributed by atoms with Crippen molar-refractivity contribution in [1.29, 1.82) is 0 Å². The van der Waals surface area contributed by atoms with Gasteiger partial charge in [-0.05, 0) is 42.5 Å². The highest BCUT2D eigenvalue weighted by molar-refractivity contribution is 7.10. The summed E-state index contributed by atoms with van der Waals surface area (Å²) in [6, 6.07) is 9.04. The molecule has 0 radical (unpaired) electrons. The predicted octanol–water partition coefficient (Wildman–Crippen LogP) is 4.39. The Morgan fingerprint density at radius 2 is 1.88 bits per heavy atom. The molecule has 1 unspecified atom stereocenters. The second-order valence-corrected chi connectivity index (χ2v) is 5.95. The monoisotopic (exact) mass is 402 g/mol. The summed E-state index contributed by atoms with van der Waals surface area (Å²) in [5, 5.41) is 4.47. The molecule has 5 nitrogen and oxygen atoms in total. The van der Waals surface area contributed by atoms with Crippen LogP contribution in [-0.2, 0) is 12.7 Å². The highest BCUT2D eigenvalue weighted by Crippen LogP contribution is 2.30. The summed E-state index contributed by atoms with van der Waals surface area (Å²) in [5.74, 6) is -0.362. The Balaban J connectivity index is 1.91. The van der Waals surface area contributed by atoms with Crippen LogP contribution in [0.4, 0.5) is 13.2 Å². The zero-order valence-corrected chi connectivity index (χ0v) is 14.9. The molecule has 10 heteroatoms. The highest BCUT2D eigenvalue weighted by Gasteiger charge is 2.30. The van der Waals surface area contributed by atoms with Crippen LogP contribution in [0, 0.1) is 0 Å². The molecule has 0 amide bonds. The minimum absolute atomic E-state index is 0.0211. The summed E-state index contributed by atoms with van der Waals surface area (Å²) in [7, 11) is 2.09. The van der Waals surface area contributed by atoms with Gasteiger partial charge in [0.15, 0.2) is 0 Å². The zero-order valence-electron chi connectivity index (χ0n) is 13.0. The van der Waals surface area contributed by atoms with Crippen molar-refractivity contribution < 1.29 is 22.1 Å². The average Bonchev–Trinajstić information content (AvgIpc) is 2.95. The first-order valence-electron chi connectivity index (χ1n) is 7.18. The Morgan fingerprint density at radius 1 is 1.19 bits per heavy atom. The Kier molecular flexibility index (Phi) is 5.07. The minimum Gasteiger partial charge on any atom is -0.480 e. The topological polar surface area (TPSA) is 57.3 Å². The van der Waals surface area contributed by atoms with Gasteiger partial charge in [0.25, 0.3) is 0 Å². The van der Waals surface area contributed by atoms with Crippen molar-refractivity contribution in [3.8, 4) is 17.2 Å². The van der Waals surface area contributed by atoms with E-state index in [2.05, 4.69) is 14.6 Å². The van der Waals surface area contributed by atoms with Crippen LogP contribution < -0.4 is 10.3 Å². The number of hydrogen-bond acceptors (Lipinski definition) is 4. The molecule has 0 aliphatic carbocycles. The second-order valence-electron chi connectivity index (χ2n) is 5.28. The summed E-state index contributed by atoms with van der Waals surface area (Å²) in [6.45, 7) is 0.0211. The van der Waals surface area contributed by atoms with Crippen molar-refractivity contribution in [1.82, 2.24) is 9.78 Å². The third-order valence-corrected chi connectivity index (χ3v) is 4.02. The lowest BCUT2D eigenvalue weighted by molar-refractivity contribution is -0.137. The van der Waals surface area contributed by atoms with Gasteiger partial charge in [-0.15, -0.1) is 5.10 Å². The SMILES string of the molecule is O=c1oc(-c2ccc(C(F)(F)F)cc2)nn1Cc1cc(Cl)ccc1OP. The number of halogens is 4. The maximum Gasteiger partial charge on any atom is 0.437 e. The molecule has 1 atom stereocenters. The molecule has 0 aliphatic rings. The van der Waals surface area contributed by atoms with Crippen LogP contribution in [0.25, 0.3) is 11.5 Å². The van der Waals surface area contributed by atoms with Crippen LogP contribution in [0.5, 0.6) is 5.75 Å². The number of rotatable bonds is 4. The van der Waals surface area contributed by atoms with Crippen LogP contribution in [0.1, 0.15) is 11.1 Å². The van der Waals surface area contributed by atoms with E-state index < -0.39 is 17.5 Å². The molecule has 0 saturated carbocycles. The van der Waals surface area contributed by atoms with Gasteiger partial charge >= 0.3 is 11.9 Å². The maximum absolute atomic E-state index is 12.6. The fraction of sp³-hybridized carbons (Fsp3) is 0.125. The molecule has 0 fully saturated rings. The lowest BCUT2D eigenvalue weighted by atomic mass is 10.1. The molecule has 0 spiro atoms. The van der Waals surface area contributed by atoms with Crippen molar-refractivity contribution in [2.24, 2.45) is 0 Å². The Morgan fingerprint density at radius 3 is 2.50 bits per heavy atom. The smallest absolute Gasteiger partial charge is 0.437 e. The normalized spacial score (nSPS) is 11.6. The fourth-order valence-corrected chi connectivity index (χ4v) is 2.70. The maximum atomic E-state index is 12.6. The number of aromatic nitrogens is 2. The Bertz CT molecular complexity index is 984. The summed E-state index contributed by atoms with van der Waals surface area (Å²) >= 11 is 5.95. The average molecular weight is 403 g/mol. The number of hydrogen-bond donors (Lipinski definition) is 0. The fourth-order valence-electron chi connectivity index (χ4n) is 2.27. The highest BCUT2D eigenvalue weighted by atomic mass is 35.5. The molecule has 0 saturated heterocycles. The molecule has 0 bridgehead atoms. The van der Waals surface area contributed by atoms with Gasteiger partial charge in [0.2, 0.25) is 5.89 Å². The van der Waals surface area contributed by atoms with Crippen LogP contribution in [0.15, 0.2) is 51.7 Å². The molecule has 136 valence electrons. The zero-order chi connectivity index (χ0) is 18.9. The van der Waals surface area contributed by atoms with E-state index >= 15 is 0 Å². The Labute approximate surface area is 152 Å². The second kappa shape index (κ2) is 7.13. The molecular formula is C16H11ClF3N2O3P. The van der Waals surface area contributed by atoms with Crippen LogP contribution >= 0.6 is 21.1 Å². The van der Waals surface area contributed by atoms with Gasteiger partial charge < -0.3 is 8.94 Å². The predicted molar refractivity (Wildman–Crippen MR) is 92.1 cm³/mol. The standard InChI is InChI=1S/C16H11ClF3N2O3P/c17-12-5-6-13(25-26)10(7-12)8-22-15(23)24-14(21-22)9-1-3-11(4-2-9)16(18,19)20/h1-7H,8,26H2. The molecule has 2 aromatic carbocycles. The first kappa shape index (κ1) is 18.5. The molecule has 1 heterocycles. The first-order valence-corrected chi connectivity index (χ1v) is 8.03. The van der Waals surface area contributed by atoms with Crippen molar-refractivity contribution in [2.75, 3.05) is 0 Å². The minimum atomic E-state index is -4.44. The Hall–Kier alpha value is -2.31. The number of benzene rings is 2.